The number of likely N-dealkylation sites (N-methyl/N-ethyl adjacent to an activating group) is 1. The second-order valence-corrected chi connectivity index (χ2v) is 5.67. The Kier molecular flexibility index (Phi) is 4.07. The largest absolute Gasteiger partial charge is 0.367 e. The summed E-state index contributed by atoms with van der Waals surface area (Å²) in [4.78, 5) is 30.6. The molecule has 0 atom stereocenters. The van der Waals surface area contributed by atoms with Gasteiger partial charge in [-0.2, -0.15) is 0 Å². The zero-order valence-electron chi connectivity index (χ0n) is 11.9. The van der Waals surface area contributed by atoms with E-state index in [0.717, 1.165) is 0 Å². The highest BCUT2D eigenvalue weighted by atomic mass is 35.5. The summed E-state index contributed by atoms with van der Waals surface area (Å²) < 4.78 is 0. The highest BCUT2D eigenvalue weighted by molar-refractivity contribution is 6.54. The summed E-state index contributed by atoms with van der Waals surface area (Å²) in [6.07, 6.45) is 0. The number of anilines is 1. The Morgan fingerprint density at radius 2 is 1.91 bits per heavy atom. The third kappa shape index (κ3) is 2.81. The van der Waals surface area contributed by atoms with Gasteiger partial charge in [-0.05, 0) is 24.3 Å². The van der Waals surface area contributed by atoms with Crippen LogP contribution >= 0.6 is 23.2 Å². The topological polar surface area (TPSA) is 59.0 Å². The molecule has 1 aliphatic heterocycles. The molecular formula is C16H10Cl2N2O3. The average molecular weight is 349 g/mol. The summed E-state index contributed by atoms with van der Waals surface area (Å²) in [5, 5.41) is 4.27. The van der Waals surface area contributed by atoms with Crippen molar-refractivity contribution in [1.82, 2.24) is 0 Å². The molecule has 0 radical (unpaired) electrons. The van der Waals surface area contributed by atoms with Gasteiger partial charge in [0.1, 0.15) is 0 Å². The van der Waals surface area contributed by atoms with Crippen molar-refractivity contribution in [2.45, 2.75) is 0 Å². The number of benzene rings is 2. The lowest BCUT2D eigenvalue weighted by molar-refractivity contribution is -0.112. The number of halogens is 2. The van der Waals surface area contributed by atoms with Crippen LogP contribution in [0, 0.1) is 0 Å². The fraction of sp³-hybridized carbons (Fsp3) is 0.0625. The Hall–Kier alpha value is -2.37. The summed E-state index contributed by atoms with van der Waals surface area (Å²) in [5.74, 6) is -1.11. The van der Waals surface area contributed by atoms with Crippen LogP contribution in [0.1, 0.15) is 15.9 Å². The van der Waals surface area contributed by atoms with Gasteiger partial charge in [0.05, 0.1) is 16.3 Å². The Labute approximate surface area is 142 Å². The van der Waals surface area contributed by atoms with E-state index in [1.165, 1.54) is 23.1 Å². The van der Waals surface area contributed by atoms with Crippen molar-refractivity contribution in [1.29, 1.82) is 0 Å². The molecule has 0 aromatic heterocycles. The first kappa shape index (κ1) is 15.5. The van der Waals surface area contributed by atoms with E-state index in [2.05, 4.69) is 5.16 Å². The minimum atomic E-state index is -0.765. The molecule has 0 bridgehead atoms. The molecule has 0 fully saturated rings. The maximum absolute atomic E-state index is 12.2. The average Bonchev–Trinajstić information content (AvgIpc) is 2.77. The van der Waals surface area contributed by atoms with E-state index in [0.29, 0.717) is 16.3 Å². The lowest BCUT2D eigenvalue weighted by Crippen LogP contribution is -2.25. The van der Waals surface area contributed by atoms with Crippen LogP contribution in [0.3, 0.4) is 0 Å². The number of amides is 1. The summed E-state index contributed by atoms with van der Waals surface area (Å²) in [5.41, 5.74) is 1.50. The van der Waals surface area contributed by atoms with Crippen molar-refractivity contribution >= 4 is 46.5 Å². The quantitative estimate of drug-likeness (QED) is 0.616. The van der Waals surface area contributed by atoms with Gasteiger partial charge < -0.3 is 9.74 Å². The molecule has 1 aliphatic rings. The highest BCUT2D eigenvalue weighted by Crippen LogP contribution is 2.28. The summed E-state index contributed by atoms with van der Waals surface area (Å²) in [6, 6.07) is 11.5. The zero-order chi connectivity index (χ0) is 16.6. The predicted molar refractivity (Wildman–Crippen MR) is 88.3 cm³/mol. The SMILES string of the molecule is CN1C(=O)/C(=N\OC(=O)c2ccc(Cl)cc2Cl)c2ccccc21. The zero-order valence-corrected chi connectivity index (χ0v) is 13.4. The second-order valence-electron chi connectivity index (χ2n) is 4.82. The molecule has 23 heavy (non-hydrogen) atoms. The molecule has 0 unspecified atom stereocenters. The molecule has 116 valence electrons. The van der Waals surface area contributed by atoms with Crippen LogP contribution in [0.4, 0.5) is 5.69 Å². The van der Waals surface area contributed by atoms with Gasteiger partial charge >= 0.3 is 5.97 Å². The summed E-state index contributed by atoms with van der Waals surface area (Å²) in [7, 11) is 1.63. The predicted octanol–water partition coefficient (Wildman–Crippen LogP) is 3.53. The molecule has 2 aromatic carbocycles. The minimum absolute atomic E-state index is 0.0709. The van der Waals surface area contributed by atoms with Gasteiger partial charge in [0.25, 0.3) is 5.91 Å². The molecular weight excluding hydrogens is 339 g/mol. The minimum Gasteiger partial charge on any atom is -0.312 e. The number of hydrogen-bond donors (Lipinski definition) is 0. The fourth-order valence-corrected chi connectivity index (χ4v) is 2.71. The van der Waals surface area contributed by atoms with Gasteiger partial charge in [0, 0.05) is 17.6 Å². The van der Waals surface area contributed by atoms with Crippen molar-refractivity contribution in [2.75, 3.05) is 11.9 Å². The van der Waals surface area contributed by atoms with Crippen LogP contribution in [0.2, 0.25) is 10.0 Å². The molecule has 5 nitrogen and oxygen atoms in total. The number of para-hydroxylation sites is 1. The van der Waals surface area contributed by atoms with E-state index in [4.69, 9.17) is 28.0 Å². The van der Waals surface area contributed by atoms with E-state index in [-0.39, 0.29) is 22.2 Å². The standard InChI is InChI=1S/C16H10Cl2N2O3/c1-20-13-5-3-2-4-11(13)14(15(20)21)19-23-16(22)10-7-6-9(17)8-12(10)18/h2-8H,1H3/b19-14-. The van der Waals surface area contributed by atoms with Gasteiger partial charge in [-0.25, -0.2) is 4.79 Å². The van der Waals surface area contributed by atoms with Gasteiger partial charge in [0.15, 0.2) is 5.71 Å². The Balaban J connectivity index is 1.88. The third-order valence-electron chi connectivity index (χ3n) is 3.40. The molecule has 2 aromatic rings. The van der Waals surface area contributed by atoms with Crippen molar-refractivity contribution in [3.8, 4) is 0 Å². The normalized spacial score (nSPS) is 15.0. The van der Waals surface area contributed by atoms with E-state index >= 15 is 0 Å². The summed E-state index contributed by atoms with van der Waals surface area (Å²) in [6.45, 7) is 0. The van der Waals surface area contributed by atoms with Crippen LogP contribution in [0.5, 0.6) is 0 Å². The molecule has 0 N–H and O–H groups in total. The van der Waals surface area contributed by atoms with E-state index in [1.54, 1.807) is 25.2 Å². The first-order valence-electron chi connectivity index (χ1n) is 6.61. The number of oxime groups is 1. The Morgan fingerprint density at radius 3 is 2.65 bits per heavy atom. The van der Waals surface area contributed by atoms with Crippen molar-refractivity contribution in [3.63, 3.8) is 0 Å². The van der Waals surface area contributed by atoms with Crippen LogP contribution in [-0.2, 0) is 9.63 Å². The molecule has 3 rings (SSSR count). The van der Waals surface area contributed by atoms with Crippen LogP contribution in [-0.4, -0.2) is 24.6 Å². The Bertz CT molecular complexity index is 849. The van der Waals surface area contributed by atoms with Crippen molar-refractivity contribution in [2.24, 2.45) is 5.16 Å². The molecule has 0 aliphatic carbocycles. The van der Waals surface area contributed by atoms with Crippen LogP contribution in [0.15, 0.2) is 47.6 Å². The van der Waals surface area contributed by atoms with Gasteiger partial charge in [-0.1, -0.05) is 46.6 Å². The van der Waals surface area contributed by atoms with Crippen LogP contribution < -0.4 is 4.90 Å². The first-order chi connectivity index (χ1) is 11.0. The van der Waals surface area contributed by atoms with E-state index in [1.807, 2.05) is 6.07 Å². The summed E-state index contributed by atoms with van der Waals surface area (Å²) >= 11 is 11.7. The van der Waals surface area contributed by atoms with E-state index < -0.39 is 5.97 Å². The van der Waals surface area contributed by atoms with Crippen molar-refractivity contribution in [3.05, 3.63) is 63.6 Å². The van der Waals surface area contributed by atoms with Gasteiger partial charge in [0.2, 0.25) is 0 Å². The molecule has 7 heteroatoms. The lowest BCUT2D eigenvalue weighted by atomic mass is 10.1. The fourth-order valence-electron chi connectivity index (χ4n) is 2.23. The number of hydrogen-bond acceptors (Lipinski definition) is 4. The number of nitrogens with zero attached hydrogens (tertiary/aromatic N) is 2. The number of fused-ring (bicyclic) bond motifs is 1. The number of rotatable bonds is 2. The molecule has 1 amide bonds. The Morgan fingerprint density at radius 1 is 1.17 bits per heavy atom. The molecule has 1 heterocycles. The van der Waals surface area contributed by atoms with E-state index in [9.17, 15) is 9.59 Å². The maximum atomic E-state index is 12.2. The second kappa shape index (κ2) is 6.02. The van der Waals surface area contributed by atoms with Crippen molar-refractivity contribution < 1.29 is 14.4 Å². The third-order valence-corrected chi connectivity index (χ3v) is 3.95. The smallest absolute Gasteiger partial charge is 0.312 e. The maximum Gasteiger partial charge on any atom is 0.367 e. The molecule has 0 spiro atoms. The molecule has 0 saturated heterocycles. The van der Waals surface area contributed by atoms with Gasteiger partial charge in [-0.15, -0.1) is 0 Å². The van der Waals surface area contributed by atoms with Gasteiger partial charge in [-0.3, -0.25) is 4.79 Å². The monoisotopic (exact) mass is 348 g/mol. The lowest BCUT2D eigenvalue weighted by Gasteiger charge is -2.07. The molecule has 0 saturated carbocycles. The number of carbonyl (C=O) groups is 2. The van der Waals surface area contributed by atoms with Crippen LogP contribution in [0.25, 0.3) is 0 Å². The first-order valence-corrected chi connectivity index (χ1v) is 7.36. The number of carbonyl (C=O) groups excluding carboxylic acids is 2. The highest BCUT2D eigenvalue weighted by Gasteiger charge is 2.32.